The second kappa shape index (κ2) is 7.88. The minimum atomic E-state index is -0.862. The molecule has 0 aliphatic carbocycles. The molecule has 0 aliphatic rings. The average Bonchev–Trinajstić information content (AvgIpc) is 2.56. The molecule has 2 rings (SSSR count). The van der Waals surface area contributed by atoms with E-state index < -0.39 is 23.7 Å². The van der Waals surface area contributed by atoms with Crippen molar-refractivity contribution in [1.82, 2.24) is 10.3 Å². The Morgan fingerprint density at radius 3 is 2.50 bits per heavy atom. The fourth-order valence-corrected chi connectivity index (χ4v) is 2.29. The number of nitrogens with one attached hydrogen (secondary N) is 2. The Bertz CT molecular complexity index is 738. The third kappa shape index (κ3) is 4.52. The zero-order valence-corrected chi connectivity index (χ0v) is 14.0. The van der Waals surface area contributed by atoms with Crippen LogP contribution in [0.4, 0.5) is 10.1 Å². The third-order valence-electron chi connectivity index (χ3n) is 3.34. The van der Waals surface area contributed by atoms with Gasteiger partial charge < -0.3 is 10.6 Å². The molecule has 0 unspecified atom stereocenters. The smallest absolute Gasteiger partial charge is 0.313 e. The number of aromatic nitrogens is 1. The first kappa shape index (κ1) is 17.9. The number of nitrogens with zero attached hydrogens (tertiary/aromatic N) is 1. The van der Waals surface area contributed by atoms with E-state index >= 15 is 0 Å². The molecule has 1 aromatic heterocycles. The molecule has 1 heterocycles. The maximum atomic E-state index is 13.1. The number of halogens is 2. The predicted molar refractivity (Wildman–Crippen MR) is 90.0 cm³/mol. The van der Waals surface area contributed by atoms with E-state index in [0.29, 0.717) is 5.69 Å². The lowest BCUT2D eigenvalue weighted by Crippen LogP contribution is -2.39. The van der Waals surface area contributed by atoms with Crippen molar-refractivity contribution in [2.24, 2.45) is 5.92 Å². The lowest BCUT2D eigenvalue weighted by Gasteiger charge is -2.21. The van der Waals surface area contributed by atoms with Gasteiger partial charge in [0.1, 0.15) is 5.82 Å². The van der Waals surface area contributed by atoms with Crippen molar-refractivity contribution >= 4 is 29.1 Å². The third-order valence-corrected chi connectivity index (χ3v) is 3.63. The number of hydrogen-bond donors (Lipinski definition) is 2. The minimum Gasteiger partial charge on any atom is -0.339 e. The summed E-state index contributed by atoms with van der Waals surface area (Å²) in [6, 6.07) is 8.63. The van der Waals surface area contributed by atoms with Crippen molar-refractivity contribution in [3.63, 3.8) is 0 Å². The van der Waals surface area contributed by atoms with Crippen molar-refractivity contribution < 1.29 is 14.0 Å². The lowest BCUT2D eigenvalue weighted by molar-refractivity contribution is -0.136. The van der Waals surface area contributed by atoms with Crippen LogP contribution in [0, 0.1) is 11.7 Å². The number of rotatable bonds is 4. The summed E-state index contributed by atoms with van der Waals surface area (Å²) in [4.78, 5) is 28.4. The van der Waals surface area contributed by atoms with Gasteiger partial charge in [0.2, 0.25) is 0 Å². The molecule has 0 bridgehead atoms. The maximum Gasteiger partial charge on any atom is 0.313 e. The highest BCUT2D eigenvalue weighted by Crippen LogP contribution is 2.21. The number of anilines is 1. The number of carbonyl (C=O) groups is 2. The van der Waals surface area contributed by atoms with E-state index in [2.05, 4.69) is 15.6 Å². The fraction of sp³-hybridized carbons (Fsp3) is 0.235. The van der Waals surface area contributed by atoms with Crippen LogP contribution < -0.4 is 10.6 Å². The molecular formula is C17H17ClFN3O2. The van der Waals surface area contributed by atoms with Gasteiger partial charge in [-0.15, -0.1) is 0 Å². The van der Waals surface area contributed by atoms with Crippen LogP contribution in [-0.2, 0) is 9.59 Å². The summed E-state index contributed by atoms with van der Waals surface area (Å²) in [5.74, 6) is -2.23. The van der Waals surface area contributed by atoms with E-state index in [1.807, 2.05) is 19.9 Å². The normalized spacial score (nSPS) is 11.9. The Labute approximate surface area is 144 Å². The second-order valence-corrected chi connectivity index (χ2v) is 5.94. The Morgan fingerprint density at radius 1 is 1.17 bits per heavy atom. The van der Waals surface area contributed by atoms with Crippen LogP contribution in [0.15, 0.2) is 42.6 Å². The summed E-state index contributed by atoms with van der Waals surface area (Å²) in [7, 11) is 0. The SMILES string of the molecule is CC(C)[C@@H](NC(=O)C(=O)Nc1ccc(F)c(Cl)c1)c1ccccn1. The van der Waals surface area contributed by atoms with E-state index in [1.165, 1.54) is 12.1 Å². The molecule has 0 saturated heterocycles. The Balaban J connectivity index is 2.06. The molecule has 2 N–H and O–H groups in total. The molecule has 0 radical (unpaired) electrons. The summed E-state index contributed by atoms with van der Waals surface area (Å²) in [6.07, 6.45) is 1.62. The van der Waals surface area contributed by atoms with Gasteiger partial charge in [0, 0.05) is 11.9 Å². The standard InChI is InChI=1S/C17H17ClFN3O2/c1-10(2)15(14-5-3-4-8-20-14)22-17(24)16(23)21-11-6-7-13(19)12(18)9-11/h3-10,15H,1-2H3,(H,21,23)(H,22,24)/t15-/m1/s1. The summed E-state index contributed by atoms with van der Waals surface area (Å²) in [6.45, 7) is 3.83. The minimum absolute atomic E-state index is 0.0388. The molecule has 24 heavy (non-hydrogen) atoms. The monoisotopic (exact) mass is 349 g/mol. The van der Waals surface area contributed by atoms with Gasteiger partial charge in [-0.1, -0.05) is 31.5 Å². The van der Waals surface area contributed by atoms with E-state index in [0.717, 1.165) is 6.07 Å². The second-order valence-electron chi connectivity index (χ2n) is 5.53. The summed E-state index contributed by atoms with van der Waals surface area (Å²) < 4.78 is 13.1. The largest absolute Gasteiger partial charge is 0.339 e. The summed E-state index contributed by atoms with van der Waals surface area (Å²) in [5.41, 5.74) is 0.902. The number of hydrogen-bond acceptors (Lipinski definition) is 3. The summed E-state index contributed by atoms with van der Waals surface area (Å²) >= 11 is 5.65. The fourth-order valence-electron chi connectivity index (χ4n) is 2.11. The van der Waals surface area contributed by atoms with Crippen LogP contribution in [0.5, 0.6) is 0 Å². The number of benzene rings is 1. The molecular weight excluding hydrogens is 333 g/mol. The van der Waals surface area contributed by atoms with Crippen LogP contribution in [-0.4, -0.2) is 16.8 Å². The Morgan fingerprint density at radius 2 is 1.92 bits per heavy atom. The first-order valence-corrected chi connectivity index (χ1v) is 7.74. The molecule has 0 fully saturated rings. The van der Waals surface area contributed by atoms with Crippen molar-refractivity contribution in [1.29, 1.82) is 0 Å². The van der Waals surface area contributed by atoms with Crippen molar-refractivity contribution in [3.8, 4) is 0 Å². The van der Waals surface area contributed by atoms with Crippen LogP contribution in [0.25, 0.3) is 0 Å². The molecule has 2 aromatic rings. The number of amides is 2. The lowest BCUT2D eigenvalue weighted by atomic mass is 10.0. The van der Waals surface area contributed by atoms with E-state index in [9.17, 15) is 14.0 Å². The molecule has 0 aliphatic heterocycles. The van der Waals surface area contributed by atoms with Gasteiger partial charge in [-0.2, -0.15) is 0 Å². The first-order valence-electron chi connectivity index (χ1n) is 7.36. The maximum absolute atomic E-state index is 13.1. The molecule has 0 saturated carbocycles. The topological polar surface area (TPSA) is 71.1 Å². The van der Waals surface area contributed by atoms with E-state index in [4.69, 9.17) is 11.6 Å². The van der Waals surface area contributed by atoms with Crippen LogP contribution in [0.1, 0.15) is 25.6 Å². The Hall–Kier alpha value is -2.47. The highest BCUT2D eigenvalue weighted by molar-refractivity contribution is 6.40. The molecule has 2 amide bonds. The van der Waals surface area contributed by atoms with Crippen molar-refractivity contribution in [2.75, 3.05) is 5.32 Å². The molecule has 5 nitrogen and oxygen atoms in total. The van der Waals surface area contributed by atoms with Gasteiger partial charge in [-0.25, -0.2) is 4.39 Å². The van der Waals surface area contributed by atoms with Gasteiger partial charge in [0.25, 0.3) is 0 Å². The highest BCUT2D eigenvalue weighted by Gasteiger charge is 2.23. The number of pyridine rings is 1. The molecule has 0 spiro atoms. The zero-order chi connectivity index (χ0) is 17.7. The van der Waals surface area contributed by atoms with Crippen molar-refractivity contribution in [3.05, 3.63) is 59.1 Å². The zero-order valence-electron chi connectivity index (χ0n) is 13.2. The van der Waals surface area contributed by atoms with Gasteiger partial charge in [0.05, 0.1) is 16.8 Å². The first-order chi connectivity index (χ1) is 11.4. The van der Waals surface area contributed by atoms with E-state index in [-0.39, 0.29) is 16.6 Å². The van der Waals surface area contributed by atoms with Crippen LogP contribution >= 0.6 is 11.6 Å². The molecule has 126 valence electrons. The predicted octanol–water partition coefficient (Wildman–Crippen LogP) is 3.33. The summed E-state index contributed by atoms with van der Waals surface area (Å²) in [5, 5.41) is 4.90. The van der Waals surface area contributed by atoms with Gasteiger partial charge >= 0.3 is 11.8 Å². The quantitative estimate of drug-likeness (QED) is 0.832. The van der Waals surface area contributed by atoms with Gasteiger partial charge in [-0.05, 0) is 36.2 Å². The average molecular weight is 350 g/mol. The molecule has 1 aromatic carbocycles. The van der Waals surface area contributed by atoms with Crippen LogP contribution in [0.2, 0.25) is 5.02 Å². The number of carbonyl (C=O) groups excluding carboxylic acids is 2. The van der Waals surface area contributed by atoms with Crippen molar-refractivity contribution in [2.45, 2.75) is 19.9 Å². The molecule has 7 heteroatoms. The van der Waals surface area contributed by atoms with Gasteiger partial charge in [0.15, 0.2) is 0 Å². The Kier molecular flexibility index (Phi) is 5.87. The van der Waals surface area contributed by atoms with E-state index in [1.54, 1.807) is 18.3 Å². The van der Waals surface area contributed by atoms with Gasteiger partial charge in [-0.3, -0.25) is 14.6 Å². The molecule has 1 atom stereocenters. The highest BCUT2D eigenvalue weighted by atomic mass is 35.5. The van der Waals surface area contributed by atoms with Crippen LogP contribution in [0.3, 0.4) is 0 Å².